The summed E-state index contributed by atoms with van der Waals surface area (Å²) in [6, 6.07) is 0. The van der Waals surface area contributed by atoms with Crippen LogP contribution in [0.2, 0.25) is 0 Å². The van der Waals surface area contributed by atoms with Crippen molar-refractivity contribution in [1.82, 2.24) is 0 Å². The number of ether oxygens (including phenoxy) is 2. The van der Waals surface area contributed by atoms with Crippen molar-refractivity contribution in [2.75, 3.05) is 13.2 Å². The monoisotopic (exact) mass is 342 g/mol. The van der Waals surface area contributed by atoms with Crippen LogP contribution in [0.1, 0.15) is 97.8 Å². The van der Waals surface area contributed by atoms with Crippen molar-refractivity contribution >= 4 is 11.9 Å². The van der Waals surface area contributed by atoms with E-state index >= 15 is 0 Å². The second-order valence-electron chi connectivity index (χ2n) is 6.56. The van der Waals surface area contributed by atoms with Crippen LogP contribution in [0.5, 0.6) is 0 Å². The first-order valence-electron chi connectivity index (χ1n) is 9.95. The number of unbranched alkanes of at least 4 members (excludes halogenated alkanes) is 7. The Morgan fingerprint density at radius 2 is 1.21 bits per heavy atom. The van der Waals surface area contributed by atoms with Gasteiger partial charge in [0, 0.05) is 0 Å². The molecule has 0 fully saturated rings. The first-order chi connectivity index (χ1) is 11.6. The zero-order valence-corrected chi connectivity index (χ0v) is 16.1. The average Bonchev–Trinajstić information content (AvgIpc) is 2.59. The summed E-state index contributed by atoms with van der Waals surface area (Å²) in [6.45, 7) is 7.33. The second kappa shape index (κ2) is 16.8. The molecule has 0 radical (unpaired) electrons. The first-order valence-corrected chi connectivity index (χ1v) is 9.95. The Bertz CT molecular complexity index is 311. The summed E-state index contributed by atoms with van der Waals surface area (Å²) in [5, 5.41) is 0. The van der Waals surface area contributed by atoms with Gasteiger partial charge in [-0.05, 0) is 12.3 Å². The Morgan fingerprint density at radius 1 is 0.708 bits per heavy atom. The molecule has 0 aliphatic rings. The van der Waals surface area contributed by atoms with Gasteiger partial charge in [-0.3, -0.25) is 9.59 Å². The molecule has 0 aliphatic carbocycles. The van der Waals surface area contributed by atoms with Crippen LogP contribution in [0.15, 0.2) is 0 Å². The Kier molecular flexibility index (Phi) is 16.0. The van der Waals surface area contributed by atoms with Crippen molar-refractivity contribution in [2.24, 2.45) is 5.92 Å². The molecular formula is C20H38O4. The van der Waals surface area contributed by atoms with E-state index in [0.717, 1.165) is 25.7 Å². The third kappa shape index (κ3) is 14.5. The van der Waals surface area contributed by atoms with Gasteiger partial charge in [-0.1, -0.05) is 78.6 Å². The standard InChI is InChI=1S/C20H38O4/c1-4-7-8-9-10-11-12-13-16-23-19(21)14-15-20(22)24-17-18(5-2)6-3/h18H,4-17H2,1-3H3. The lowest BCUT2D eigenvalue weighted by molar-refractivity contribution is -0.151. The van der Waals surface area contributed by atoms with Gasteiger partial charge in [-0.15, -0.1) is 0 Å². The fourth-order valence-corrected chi connectivity index (χ4v) is 2.51. The molecule has 0 bridgehead atoms. The molecule has 0 aromatic heterocycles. The maximum absolute atomic E-state index is 11.6. The van der Waals surface area contributed by atoms with E-state index in [9.17, 15) is 9.59 Å². The van der Waals surface area contributed by atoms with E-state index in [4.69, 9.17) is 9.47 Å². The summed E-state index contributed by atoms with van der Waals surface area (Å²) in [5.41, 5.74) is 0. The zero-order valence-electron chi connectivity index (χ0n) is 16.1. The van der Waals surface area contributed by atoms with Gasteiger partial charge in [0.1, 0.15) is 0 Å². The fraction of sp³-hybridized carbons (Fsp3) is 0.900. The van der Waals surface area contributed by atoms with Gasteiger partial charge in [0.25, 0.3) is 0 Å². The van der Waals surface area contributed by atoms with Crippen molar-refractivity contribution in [2.45, 2.75) is 97.8 Å². The summed E-state index contributed by atoms with van der Waals surface area (Å²) in [7, 11) is 0. The summed E-state index contributed by atoms with van der Waals surface area (Å²) >= 11 is 0. The predicted molar refractivity (Wildman–Crippen MR) is 97.8 cm³/mol. The van der Waals surface area contributed by atoms with Crippen LogP contribution in [-0.4, -0.2) is 25.2 Å². The van der Waals surface area contributed by atoms with Crippen molar-refractivity contribution in [3.8, 4) is 0 Å². The summed E-state index contributed by atoms with van der Waals surface area (Å²) in [5.74, 6) is -0.175. The molecule has 0 N–H and O–H groups in total. The Balaban J connectivity index is 3.44. The summed E-state index contributed by atoms with van der Waals surface area (Å²) < 4.78 is 10.3. The van der Waals surface area contributed by atoms with Crippen LogP contribution in [0.3, 0.4) is 0 Å². The minimum absolute atomic E-state index is 0.121. The number of hydrogen-bond acceptors (Lipinski definition) is 4. The van der Waals surface area contributed by atoms with E-state index in [0.29, 0.717) is 19.1 Å². The van der Waals surface area contributed by atoms with Gasteiger partial charge < -0.3 is 9.47 Å². The van der Waals surface area contributed by atoms with E-state index in [1.54, 1.807) is 0 Å². The summed E-state index contributed by atoms with van der Waals surface area (Å²) in [4.78, 5) is 23.2. The van der Waals surface area contributed by atoms with Gasteiger partial charge in [0.05, 0.1) is 26.1 Å². The molecule has 0 aromatic rings. The molecular weight excluding hydrogens is 304 g/mol. The second-order valence-corrected chi connectivity index (χ2v) is 6.56. The maximum Gasteiger partial charge on any atom is 0.306 e. The molecule has 0 unspecified atom stereocenters. The van der Waals surface area contributed by atoms with Gasteiger partial charge in [0.2, 0.25) is 0 Å². The molecule has 0 aromatic carbocycles. The molecule has 4 heteroatoms. The van der Waals surface area contributed by atoms with Gasteiger partial charge in [-0.25, -0.2) is 0 Å². The minimum Gasteiger partial charge on any atom is -0.466 e. The van der Waals surface area contributed by atoms with Crippen molar-refractivity contribution in [3.63, 3.8) is 0 Å². The van der Waals surface area contributed by atoms with Gasteiger partial charge in [-0.2, -0.15) is 0 Å². The molecule has 4 nitrogen and oxygen atoms in total. The molecule has 0 spiro atoms. The molecule has 0 saturated carbocycles. The third-order valence-electron chi connectivity index (χ3n) is 4.43. The SMILES string of the molecule is CCCCCCCCCCOC(=O)CCC(=O)OCC(CC)CC. The Labute approximate surface area is 148 Å². The molecule has 0 atom stereocenters. The van der Waals surface area contributed by atoms with Crippen LogP contribution in [0, 0.1) is 5.92 Å². The van der Waals surface area contributed by atoms with E-state index in [2.05, 4.69) is 20.8 Å². The van der Waals surface area contributed by atoms with E-state index in [-0.39, 0.29) is 24.8 Å². The predicted octanol–water partition coefficient (Wildman–Crippen LogP) is 5.43. The normalized spacial score (nSPS) is 10.8. The first kappa shape index (κ1) is 22.9. The highest BCUT2D eigenvalue weighted by molar-refractivity contribution is 5.77. The smallest absolute Gasteiger partial charge is 0.306 e. The molecule has 0 rings (SSSR count). The number of carbonyl (C=O) groups is 2. The molecule has 0 saturated heterocycles. The number of esters is 2. The zero-order chi connectivity index (χ0) is 18.0. The number of rotatable bonds is 16. The topological polar surface area (TPSA) is 52.6 Å². The summed E-state index contributed by atoms with van der Waals surface area (Å²) in [6.07, 6.45) is 12.0. The highest BCUT2D eigenvalue weighted by Gasteiger charge is 2.11. The molecule has 142 valence electrons. The van der Waals surface area contributed by atoms with Gasteiger partial charge >= 0.3 is 11.9 Å². The van der Waals surface area contributed by atoms with Crippen LogP contribution < -0.4 is 0 Å². The van der Waals surface area contributed by atoms with Crippen LogP contribution in [0.4, 0.5) is 0 Å². The highest BCUT2D eigenvalue weighted by Crippen LogP contribution is 2.10. The molecule has 0 amide bonds. The number of carbonyl (C=O) groups excluding carboxylic acids is 2. The van der Waals surface area contributed by atoms with Gasteiger partial charge in [0.15, 0.2) is 0 Å². The van der Waals surface area contributed by atoms with E-state index < -0.39 is 0 Å². The van der Waals surface area contributed by atoms with Crippen LogP contribution >= 0.6 is 0 Å². The molecule has 0 heterocycles. The third-order valence-corrected chi connectivity index (χ3v) is 4.43. The minimum atomic E-state index is -0.300. The quantitative estimate of drug-likeness (QED) is 0.277. The molecule has 24 heavy (non-hydrogen) atoms. The van der Waals surface area contributed by atoms with Crippen LogP contribution in [0.25, 0.3) is 0 Å². The maximum atomic E-state index is 11.6. The Morgan fingerprint density at radius 3 is 1.75 bits per heavy atom. The van der Waals surface area contributed by atoms with Crippen molar-refractivity contribution in [1.29, 1.82) is 0 Å². The average molecular weight is 343 g/mol. The Hall–Kier alpha value is -1.06. The number of hydrogen-bond donors (Lipinski definition) is 0. The lowest BCUT2D eigenvalue weighted by Gasteiger charge is -2.12. The lowest BCUT2D eigenvalue weighted by Crippen LogP contribution is -2.15. The molecule has 0 aliphatic heterocycles. The fourth-order valence-electron chi connectivity index (χ4n) is 2.51. The van der Waals surface area contributed by atoms with E-state index in [1.165, 1.54) is 38.5 Å². The van der Waals surface area contributed by atoms with Crippen LogP contribution in [-0.2, 0) is 19.1 Å². The highest BCUT2D eigenvalue weighted by atomic mass is 16.5. The van der Waals surface area contributed by atoms with Crippen molar-refractivity contribution in [3.05, 3.63) is 0 Å². The lowest BCUT2D eigenvalue weighted by atomic mass is 10.1. The largest absolute Gasteiger partial charge is 0.466 e. The van der Waals surface area contributed by atoms with Crippen molar-refractivity contribution < 1.29 is 19.1 Å². The van der Waals surface area contributed by atoms with E-state index in [1.807, 2.05) is 0 Å².